The van der Waals surface area contributed by atoms with Crippen LogP contribution in [0.1, 0.15) is 30.0 Å². The number of hydrogen-bond donors (Lipinski definition) is 1. The summed E-state index contributed by atoms with van der Waals surface area (Å²) >= 11 is 1.42. The fraction of sp³-hybridized carbons (Fsp3) is 0.263. The van der Waals surface area contributed by atoms with Crippen molar-refractivity contribution >= 4 is 23.1 Å². The van der Waals surface area contributed by atoms with E-state index in [0.717, 1.165) is 23.3 Å². The predicted molar refractivity (Wildman–Crippen MR) is 103 cm³/mol. The molecule has 0 saturated heterocycles. The Morgan fingerprint density at radius 1 is 1.24 bits per heavy atom. The van der Waals surface area contributed by atoms with Crippen molar-refractivity contribution in [2.45, 2.75) is 25.7 Å². The number of hydrogen-bond acceptors (Lipinski definition) is 4. The summed E-state index contributed by atoms with van der Waals surface area (Å²) in [6.07, 6.45) is 2.48. The van der Waals surface area contributed by atoms with Crippen molar-refractivity contribution in [3.8, 4) is 0 Å². The predicted octanol–water partition coefficient (Wildman–Crippen LogP) is 4.33. The summed E-state index contributed by atoms with van der Waals surface area (Å²) in [5.41, 5.74) is 8.54. The highest BCUT2D eigenvalue weighted by atomic mass is 32.2. The van der Waals surface area contributed by atoms with Gasteiger partial charge >= 0.3 is 0 Å². The van der Waals surface area contributed by atoms with E-state index in [1.807, 2.05) is 37.3 Å². The van der Waals surface area contributed by atoms with Gasteiger partial charge in [0, 0.05) is 17.9 Å². The van der Waals surface area contributed by atoms with Gasteiger partial charge in [-0.05, 0) is 29.7 Å². The van der Waals surface area contributed by atoms with Crippen molar-refractivity contribution < 1.29 is 9.13 Å². The molecule has 25 heavy (non-hydrogen) atoms. The topological polar surface area (TPSA) is 60.0 Å². The number of nitrogens with two attached hydrogens (primary N) is 1. The Morgan fingerprint density at radius 3 is 2.80 bits per heavy atom. The minimum absolute atomic E-state index is 0.298. The second-order valence-corrected chi connectivity index (χ2v) is 6.35. The second kappa shape index (κ2) is 10.6. The Labute approximate surface area is 152 Å². The minimum atomic E-state index is -0.298. The SMILES string of the molecule is CCCOCc1cc(F)ccc1C=NN=C(N)SCc1ccccc1. The minimum Gasteiger partial charge on any atom is -0.377 e. The maximum atomic E-state index is 13.4. The van der Waals surface area contributed by atoms with E-state index in [1.165, 1.54) is 29.5 Å². The molecule has 0 atom stereocenters. The summed E-state index contributed by atoms with van der Waals surface area (Å²) < 4.78 is 18.9. The first-order valence-corrected chi connectivity index (χ1v) is 9.07. The van der Waals surface area contributed by atoms with Crippen molar-refractivity contribution in [1.82, 2.24) is 0 Å². The van der Waals surface area contributed by atoms with Crippen LogP contribution >= 0.6 is 11.8 Å². The first-order valence-electron chi connectivity index (χ1n) is 8.08. The van der Waals surface area contributed by atoms with E-state index in [4.69, 9.17) is 10.5 Å². The molecule has 0 amide bonds. The molecule has 0 aliphatic carbocycles. The fourth-order valence-electron chi connectivity index (χ4n) is 2.06. The normalized spacial score (nSPS) is 12.0. The highest BCUT2D eigenvalue weighted by molar-refractivity contribution is 8.13. The van der Waals surface area contributed by atoms with Gasteiger partial charge in [-0.2, -0.15) is 5.10 Å². The lowest BCUT2D eigenvalue weighted by atomic mass is 10.1. The standard InChI is InChI=1S/C19H22FN3OS/c1-2-10-24-13-17-11-18(20)9-8-16(17)12-22-23-19(21)25-14-15-6-4-3-5-7-15/h3-9,11-12H,2,10,13-14H2,1H3,(H2,21,23). The molecule has 0 aliphatic rings. The molecule has 0 bridgehead atoms. The molecule has 0 saturated carbocycles. The molecule has 2 N–H and O–H groups in total. The average molecular weight is 359 g/mol. The van der Waals surface area contributed by atoms with Crippen LogP contribution in [0.15, 0.2) is 58.7 Å². The molecular weight excluding hydrogens is 337 g/mol. The van der Waals surface area contributed by atoms with Gasteiger partial charge in [-0.25, -0.2) is 4.39 Å². The van der Waals surface area contributed by atoms with Crippen molar-refractivity contribution in [1.29, 1.82) is 0 Å². The van der Waals surface area contributed by atoms with Gasteiger partial charge in [0.15, 0.2) is 5.17 Å². The lowest BCUT2D eigenvalue weighted by molar-refractivity contribution is 0.121. The Morgan fingerprint density at radius 2 is 2.04 bits per heavy atom. The van der Waals surface area contributed by atoms with Crippen molar-refractivity contribution in [3.05, 3.63) is 71.0 Å². The third-order valence-corrected chi connectivity index (χ3v) is 4.15. The maximum Gasteiger partial charge on any atom is 0.180 e. The zero-order chi connectivity index (χ0) is 17.9. The van der Waals surface area contributed by atoms with Crippen LogP contribution in [-0.4, -0.2) is 18.0 Å². The molecule has 0 aromatic heterocycles. The van der Waals surface area contributed by atoms with Gasteiger partial charge in [0.2, 0.25) is 0 Å². The number of rotatable bonds is 8. The molecule has 2 rings (SSSR count). The van der Waals surface area contributed by atoms with Crippen molar-refractivity contribution in [2.75, 3.05) is 6.61 Å². The molecule has 132 valence electrons. The summed E-state index contributed by atoms with van der Waals surface area (Å²) in [5, 5.41) is 8.38. The number of ether oxygens (including phenoxy) is 1. The van der Waals surface area contributed by atoms with Crippen LogP contribution in [0.5, 0.6) is 0 Å². The van der Waals surface area contributed by atoms with E-state index in [9.17, 15) is 4.39 Å². The average Bonchev–Trinajstić information content (AvgIpc) is 2.63. The molecule has 2 aromatic carbocycles. The van der Waals surface area contributed by atoms with E-state index < -0.39 is 0 Å². The van der Waals surface area contributed by atoms with E-state index in [-0.39, 0.29) is 5.82 Å². The first kappa shape index (κ1) is 19.1. The molecule has 0 unspecified atom stereocenters. The summed E-state index contributed by atoms with van der Waals surface area (Å²) in [5.74, 6) is 0.437. The van der Waals surface area contributed by atoms with Gasteiger partial charge in [-0.15, -0.1) is 5.10 Å². The third kappa shape index (κ3) is 7.07. The van der Waals surface area contributed by atoms with Gasteiger partial charge < -0.3 is 10.5 Å². The molecule has 0 aliphatic heterocycles. The molecule has 4 nitrogen and oxygen atoms in total. The van der Waals surface area contributed by atoms with Gasteiger partial charge in [-0.1, -0.05) is 55.1 Å². The Balaban J connectivity index is 1.95. The van der Waals surface area contributed by atoms with E-state index >= 15 is 0 Å². The van der Waals surface area contributed by atoms with Crippen LogP contribution in [-0.2, 0) is 17.1 Å². The Kier molecular flexibility index (Phi) is 8.15. The zero-order valence-electron chi connectivity index (χ0n) is 14.2. The van der Waals surface area contributed by atoms with Gasteiger partial charge in [0.25, 0.3) is 0 Å². The summed E-state index contributed by atoms with van der Waals surface area (Å²) in [7, 11) is 0. The highest BCUT2D eigenvalue weighted by Gasteiger charge is 2.03. The Bertz CT molecular complexity index is 720. The van der Waals surface area contributed by atoms with Crippen LogP contribution in [0, 0.1) is 5.82 Å². The van der Waals surface area contributed by atoms with Gasteiger partial charge in [0.1, 0.15) is 5.82 Å². The van der Waals surface area contributed by atoms with Crippen LogP contribution in [0.4, 0.5) is 4.39 Å². The smallest absolute Gasteiger partial charge is 0.180 e. The lowest BCUT2D eigenvalue weighted by Gasteiger charge is -2.06. The number of benzene rings is 2. The molecule has 0 spiro atoms. The number of nitrogens with zero attached hydrogens (tertiary/aromatic N) is 2. The molecular formula is C19H22FN3OS. The molecule has 6 heteroatoms. The maximum absolute atomic E-state index is 13.4. The fourth-order valence-corrected chi connectivity index (χ4v) is 2.67. The second-order valence-electron chi connectivity index (χ2n) is 5.35. The molecule has 0 heterocycles. The van der Waals surface area contributed by atoms with E-state index in [2.05, 4.69) is 10.2 Å². The molecule has 2 aromatic rings. The number of amidine groups is 1. The van der Waals surface area contributed by atoms with E-state index in [0.29, 0.717) is 18.4 Å². The van der Waals surface area contributed by atoms with Crippen LogP contribution in [0.3, 0.4) is 0 Å². The van der Waals surface area contributed by atoms with Gasteiger partial charge in [0.05, 0.1) is 12.8 Å². The van der Waals surface area contributed by atoms with Crippen molar-refractivity contribution in [3.63, 3.8) is 0 Å². The van der Waals surface area contributed by atoms with Crippen molar-refractivity contribution in [2.24, 2.45) is 15.9 Å². The quantitative estimate of drug-likeness (QED) is 0.330. The summed E-state index contributed by atoms with van der Waals surface area (Å²) in [4.78, 5) is 0. The Hall–Kier alpha value is -2.18. The monoisotopic (exact) mass is 359 g/mol. The van der Waals surface area contributed by atoms with Crippen LogP contribution < -0.4 is 5.73 Å². The first-order chi connectivity index (χ1) is 12.2. The number of halogens is 1. The summed E-state index contributed by atoms with van der Waals surface area (Å²) in [6, 6.07) is 14.5. The van der Waals surface area contributed by atoms with Gasteiger partial charge in [-0.3, -0.25) is 0 Å². The molecule has 0 radical (unpaired) electrons. The largest absolute Gasteiger partial charge is 0.377 e. The van der Waals surface area contributed by atoms with Crippen LogP contribution in [0.25, 0.3) is 0 Å². The number of thioether (sulfide) groups is 1. The van der Waals surface area contributed by atoms with Crippen LogP contribution in [0.2, 0.25) is 0 Å². The summed E-state index contributed by atoms with van der Waals surface area (Å²) in [6.45, 7) is 3.00. The zero-order valence-corrected chi connectivity index (χ0v) is 15.0. The highest BCUT2D eigenvalue weighted by Crippen LogP contribution is 2.13. The third-order valence-electron chi connectivity index (χ3n) is 3.29. The molecule has 0 fully saturated rings. The van der Waals surface area contributed by atoms with E-state index in [1.54, 1.807) is 12.3 Å². The lowest BCUT2D eigenvalue weighted by Crippen LogP contribution is -2.06.